The lowest BCUT2D eigenvalue weighted by molar-refractivity contribution is -0.138. The predicted molar refractivity (Wildman–Crippen MR) is 101 cm³/mol. The minimum Gasteiger partial charge on any atom is -0.466 e. The Balaban J connectivity index is 1.60. The lowest BCUT2D eigenvalue weighted by Gasteiger charge is -2.43. The Morgan fingerprint density at radius 1 is 1.07 bits per heavy atom. The van der Waals surface area contributed by atoms with Gasteiger partial charge in [0.1, 0.15) is 5.70 Å². The molecule has 1 N–H and O–H groups in total. The molecule has 1 aromatic carbocycles. The van der Waals surface area contributed by atoms with Crippen LogP contribution in [0.1, 0.15) is 0 Å². The van der Waals surface area contributed by atoms with Crippen molar-refractivity contribution in [1.82, 2.24) is 4.90 Å². The van der Waals surface area contributed by atoms with E-state index in [1.165, 1.54) is 14.2 Å². The summed E-state index contributed by atoms with van der Waals surface area (Å²) in [5.74, 6) is -1.27. The molecule has 0 unspecified atom stereocenters. The summed E-state index contributed by atoms with van der Waals surface area (Å²) >= 11 is 0. The van der Waals surface area contributed by atoms with Crippen molar-refractivity contribution in [2.45, 2.75) is 6.04 Å². The highest BCUT2D eigenvalue weighted by molar-refractivity contribution is 5.98. The Hall–Kier alpha value is -2.58. The lowest BCUT2D eigenvalue weighted by atomic mass is 10.1. The maximum atomic E-state index is 11.8. The molecule has 146 valence electrons. The van der Waals surface area contributed by atoms with Gasteiger partial charge >= 0.3 is 11.9 Å². The average molecular weight is 375 g/mol. The molecule has 2 saturated heterocycles. The van der Waals surface area contributed by atoms with E-state index in [1.54, 1.807) is 0 Å². The molecule has 0 saturated carbocycles. The van der Waals surface area contributed by atoms with E-state index in [0.29, 0.717) is 11.7 Å². The molecule has 1 aromatic rings. The molecule has 0 aliphatic carbocycles. The van der Waals surface area contributed by atoms with Crippen molar-refractivity contribution in [3.63, 3.8) is 0 Å². The molecule has 2 aliphatic heterocycles. The molecule has 27 heavy (non-hydrogen) atoms. The number of benzene rings is 1. The Bertz CT molecular complexity index is 692. The van der Waals surface area contributed by atoms with Crippen LogP contribution in [0, 0.1) is 0 Å². The number of methoxy groups -OCH3 is 2. The molecule has 0 radical (unpaired) electrons. The molecule has 0 aromatic heterocycles. The first-order chi connectivity index (χ1) is 13.1. The summed E-state index contributed by atoms with van der Waals surface area (Å²) in [6.07, 6.45) is 1.07. The van der Waals surface area contributed by atoms with E-state index in [4.69, 9.17) is 9.47 Å². The number of ether oxygens (including phenoxy) is 3. The van der Waals surface area contributed by atoms with Gasteiger partial charge in [0.2, 0.25) is 0 Å². The molecule has 8 nitrogen and oxygen atoms in total. The first-order valence-corrected chi connectivity index (χ1v) is 8.92. The van der Waals surface area contributed by atoms with E-state index >= 15 is 0 Å². The van der Waals surface area contributed by atoms with Crippen LogP contribution in [0.15, 0.2) is 36.0 Å². The zero-order chi connectivity index (χ0) is 19.2. The SMILES string of the molecule is COC(=O)/C=C(/Nc1ccc(N2CCN(C3COC3)CC2)cc1)C(=O)OC. The highest BCUT2D eigenvalue weighted by atomic mass is 16.5. The summed E-state index contributed by atoms with van der Waals surface area (Å²) in [4.78, 5) is 28.1. The van der Waals surface area contributed by atoms with Crippen molar-refractivity contribution in [3.8, 4) is 0 Å². The van der Waals surface area contributed by atoms with Gasteiger partial charge in [-0.3, -0.25) is 4.90 Å². The number of nitrogens with zero attached hydrogens (tertiary/aromatic N) is 2. The summed E-state index contributed by atoms with van der Waals surface area (Å²) in [6, 6.07) is 8.32. The van der Waals surface area contributed by atoms with Gasteiger partial charge in [0.25, 0.3) is 0 Å². The fraction of sp³-hybridized carbons (Fsp3) is 0.474. The number of nitrogens with one attached hydrogen (secondary N) is 1. The Morgan fingerprint density at radius 3 is 2.26 bits per heavy atom. The molecular formula is C19H25N3O5. The van der Waals surface area contributed by atoms with Crippen LogP contribution in [0.25, 0.3) is 0 Å². The monoisotopic (exact) mass is 375 g/mol. The van der Waals surface area contributed by atoms with Crippen LogP contribution < -0.4 is 10.2 Å². The summed E-state index contributed by atoms with van der Waals surface area (Å²) in [7, 11) is 2.51. The lowest BCUT2D eigenvalue weighted by Crippen LogP contribution is -2.56. The van der Waals surface area contributed by atoms with Crippen molar-refractivity contribution in [2.75, 3.05) is 63.8 Å². The molecule has 2 aliphatic rings. The molecular weight excluding hydrogens is 350 g/mol. The van der Waals surface area contributed by atoms with E-state index in [2.05, 4.69) is 19.9 Å². The van der Waals surface area contributed by atoms with Gasteiger partial charge in [-0.1, -0.05) is 0 Å². The largest absolute Gasteiger partial charge is 0.466 e. The highest BCUT2D eigenvalue weighted by Crippen LogP contribution is 2.22. The topological polar surface area (TPSA) is 80.3 Å². The number of anilines is 2. The number of carbonyl (C=O) groups is 2. The zero-order valence-corrected chi connectivity index (χ0v) is 15.6. The van der Waals surface area contributed by atoms with Gasteiger partial charge in [-0.2, -0.15) is 0 Å². The number of esters is 2. The third-order valence-corrected chi connectivity index (χ3v) is 4.83. The van der Waals surface area contributed by atoms with Crippen LogP contribution in [0.3, 0.4) is 0 Å². The van der Waals surface area contributed by atoms with Crippen molar-refractivity contribution in [1.29, 1.82) is 0 Å². The highest BCUT2D eigenvalue weighted by Gasteiger charge is 2.28. The number of carbonyl (C=O) groups excluding carboxylic acids is 2. The van der Waals surface area contributed by atoms with Crippen molar-refractivity contribution in [3.05, 3.63) is 36.0 Å². The summed E-state index contributed by atoms with van der Waals surface area (Å²) in [6.45, 7) is 5.70. The standard InChI is InChI=1S/C19H25N3O5/c1-25-18(23)11-17(19(24)26-2)20-14-3-5-15(6-4-14)21-7-9-22(10-8-21)16-12-27-13-16/h3-6,11,16,20H,7-10,12-13H2,1-2H3/b17-11+. The average Bonchev–Trinajstić information content (AvgIpc) is 2.66. The van der Waals surface area contributed by atoms with Crippen LogP contribution in [-0.2, 0) is 23.8 Å². The summed E-state index contributed by atoms with van der Waals surface area (Å²) < 4.78 is 14.5. The Morgan fingerprint density at radius 2 is 1.74 bits per heavy atom. The van der Waals surface area contributed by atoms with Crippen LogP contribution >= 0.6 is 0 Å². The van der Waals surface area contributed by atoms with Crippen molar-refractivity contribution < 1.29 is 23.8 Å². The third-order valence-electron chi connectivity index (χ3n) is 4.83. The maximum Gasteiger partial charge on any atom is 0.354 e. The van der Waals surface area contributed by atoms with Gasteiger partial charge in [0, 0.05) is 37.6 Å². The molecule has 2 heterocycles. The first-order valence-electron chi connectivity index (χ1n) is 8.92. The fourth-order valence-corrected chi connectivity index (χ4v) is 3.12. The predicted octanol–water partition coefficient (Wildman–Crippen LogP) is 0.849. The van der Waals surface area contributed by atoms with Crippen LogP contribution in [0.5, 0.6) is 0 Å². The van der Waals surface area contributed by atoms with Gasteiger partial charge in [-0.15, -0.1) is 0 Å². The van der Waals surface area contributed by atoms with Gasteiger partial charge in [0.05, 0.1) is 39.6 Å². The number of hydrogen-bond acceptors (Lipinski definition) is 8. The Kier molecular flexibility index (Phi) is 6.31. The van der Waals surface area contributed by atoms with Gasteiger partial charge in [0.15, 0.2) is 0 Å². The molecule has 0 atom stereocenters. The second kappa shape index (κ2) is 8.88. The van der Waals surface area contributed by atoms with E-state index in [0.717, 1.165) is 51.2 Å². The zero-order valence-electron chi connectivity index (χ0n) is 15.6. The van der Waals surface area contributed by atoms with Crippen LogP contribution in [-0.4, -0.2) is 76.5 Å². The fourth-order valence-electron chi connectivity index (χ4n) is 3.12. The van der Waals surface area contributed by atoms with Gasteiger partial charge in [-0.25, -0.2) is 9.59 Å². The number of hydrogen-bond donors (Lipinski definition) is 1. The maximum absolute atomic E-state index is 11.8. The second-order valence-electron chi connectivity index (χ2n) is 6.46. The number of rotatable bonds is 6. The van der Waals surface area contributed by atoms with E-state index in [-0.39, 0.29) is 5.70 Å². The normalized spacial score (nSPS) is 18.6. The minimum atomic E-state index is -0.638. The van der Waals surface area contributed by atoms with E-state index < -0.39 is 11.9 Å². The van der Waals surface area contributed by atoms with Crippen LogP contribution in [0.2, 0.25) is 0 Å². The molecule has 0 bridgehead atoms. The summed E-state index contributed by atoms with van der Waals surface area (Å²) in [5.41, 5.74) is 1.83. The van der Waals surface area contributed by atoms with Crippen molar-refractivity contribution in [2.24, 2.45) is 0 Å². The smallest absolute Gasteiger partial charge is 0.354 e. The molecule has 2 fully saturated rings. The van der Waals surface area contributed by atoms with E-state index in [1.807, 2.05) is 24.3 Å². The molecule has 0 amide bonds. The van der Waals surface area contributed by atoms with Gasteiger partial charge in [-0.05, 0) is 24.3 Å². The van der Waals surface area contributed by atoms with Gasteiger partial charge < -0.3 is 24.4 Å². The third kappa shape index (κ3) is 4.78. The molecule has 0 spiro atoms. The summed E-state index contributed by atoms with van der Waals surface area (Å²) in [5, 5.41) is 2.91. The molecule has 3 rings (SSSR count). The number of piperazine rings is 1. The van der Waals surface area contributed by atoms with Crippen molar-refractivity contribution >= 4 is 23.3 Å². The Labute approximate surface area is 158 Å². The molecule has 8 heteroatoms. The first kappa shape index (κ1) is 19.2. The minimum absolute atomic E-state index is 0.0217. The van der Waals surface area contributed by atoms with E-state index in [9.17, 15) is 9.59 Å². The second-order valence-corrected chi connectivity index (χ2v) is 6.46. The van der Waals surface area contributed by atoms with Crippen LogP contribution in [0.4, 0.5) is 11.4 Å². The quantitative estimate of drug-likeness (QED) is 0.579.